The zero-order valence-electron chi connectivity index (χ0n) is 17.0. The Labute approximate surface area is 193 Å². The molecule has 0 heterocycles. The molecule has 0 radical (unpaired) electrons. The van der Waals surface area contributed by atoms with E-state index in [4.69, 9.17) is 0 Å². The number of amides is 2. The lowest BCUT2D eigenvalue weighted by atomic mass is 10.1. The standard InChI is InChI=1S/C21H26FN5O2.HI/c1-3-24-21(26-14-19(28)27-18-9-7-17(22)8-10-18)25-12-11-15-5-4-6-16(13-15)20(29)23-2;/h4-10,13H,3,11-12,14H2,1-2H3,(H,23,29)(H,27,28)(H2,24,25,26);1H. The van der Waals surface area contributed by atoms with Crippen molar-refractivity contribution in [1.82, 2.24) is 16.0 Å². The van der Waals surface area contributed by atoms with E-state index in [0.717, 1.165) is 5.56 Å². The van der Waals surface area contributed by atoms with Crippen molar-refractivity contribution in [3.05, 3.63) is 65.5 Å². The number of nitrogens with one attached hydrogen (secondary N) is 4. The molecule has 4 N–H and O–H groups in total. The SMILES string of the molecule is CCNC(=NCC(=O)Nc1ccc(F)cc1)NCCc1cccc(C(=O)NC)c1.I. The van der Waals surface area contributed by atoms with E-state index < -0.39 is 0 Å². The topological polar surface area (TPSA) is 94.6 Å². The lowest BCUT2D eigenvalue weighted by Gasteiger charge is -2.12. The van der Waals surface area contributed by atoms with E-state index in [1.54, 1.807) is 13.1 Å². The molecular weight excluding hydrogens is 500 g/mol. The van der Waals surface area contributed by atoms with Gasteiger partial charge >= 0.3 is 0 Å². The van der Waals surface area contributed by atoms with Gasteiger partial charge in [0.1, 0.15) is 12.4 Å². The van der Waals surface area contributed by atoms with E-state index in [2.05, 4.69) is 26.3 Å². The van der Waals surface area contributed by atoms with Gasteiger partial charge in [-0.1, -0.05) is 12.1 Å². The number of aliphatic imine (C=N–C) groups is 1. The number of rotatable bonds is 8. The van der Waals surface area contributed by atoms with E-state index in [-0.39, 0.29) is 48.2 Å². The van der Waals surface area contributed by atoms with Crippen LogP contribution in [0.15, 0.2) is 53.5 Å². The number of halogens is 2. The number of hydrogen-bond acceptors (Lipinski definition) is 3. The average molecular weight is 527 g/mol. The minimum atomic E-state index is -0.361. The third kappa shape index (κ3) is 8.76. The van der Waals surface area contributed by atoms with Crippen LogP contribution in [-0.4, -0.2) is 44.5 Å². The van der Waals surface area contributed by atoms with Crippen LogP contribution in [0, 0.1) is 5.82 Å². The second-order valence-electron chi connectivity index (χ2n) is 6.21. The van der Waals surface area contributed by atoms with Crippen molar-refractivity contribution in [2.75, 3.05) is 32.0 Å². The number of benzene rings is 2. The van der Waals surface area contributed by atoms with Crippen LogP contribution in [-0.2, 0) is 11.2 Å². The summed E-state index contributed by atoms with van der Waals surface area (Å²) in [7, 11) is 1.60. The van der Waals surface area contributed by atoms with Gasteiger partial charge in [0.25, 0.3) is 5.91 Å². The van der Waals surface area contributed by atoms with Gasteiger partial charge in [-0.05, 0) is 55.3 Å². The fraction of sp³-hybridized carbons (Fsp3) is 0.286. The Balaban J connectivity index is 0.00000450. The van der Waals surface area contributed by atoms with E-state index in [9.17, 15) is 14.0 Å². The van der Waals surface area contributed by atoms with Gasteiger partial charge < -0.3 is 21.3 Å². The van der Waals surface area contributed by atoms with Crippen LogP contribution in [0.4, 0.5) is 10.1 Å². The van der Waals surface area contributed by atoms with E-state index in [1.807, 2.05) is 25.1 Å². The molecule has 0 saturated heterocycles. The Morgan fingerprint density at radius 3 is 2.47 bits per heavy atom. The first-order valence-corrected chi connectivity index (χ1v) is 9.40. The van der Waals surface area contributed by atoms with Crippen LogP contribution >= 0.6 is 24.0 Å². The first-order valence-electron chi connectivity index (χ1n) is 9.40. The summed E-state index contributed by atoms with van der Waals surface area (Å²) in [5.41, 5.74) is 2.15. The molecule has 0 unspecified atom stereocenters. The average Bonchev–Trinajstić information content (AvgIpc) is 2.73. The molecule has 0 saturated carbocycles. The van der Waals surface area contributed by atoms with Crippen LogP contribution in [0.25, 0.3) is 0 Å². The Bertz CT molecular complexity index is 859. The maximum atomic E-state index is 12.9. The van der Waals surface area contributed by atoms with Crippen molar-refractivity contribution in [2.24, 2.45) is 4.99 Å². The van der Waals surface area contributed by atoms with Crippen LogP contribution in [0.3, 0.4) is 0 Å². The molecule has 2 aromatic carbocycles. The third-order valence-corrected chi connectivity index (χ3v) is 3.98. The summed E-state index contributed by atoms with van der Waals surface area (Å²) in [6, 6.07) is 13.0. The highest BCUT2D eigenvalue weighted by Crippen LogP contribution is 2.08. The minimum Gasteiger partial charge on any atom is -0.357 e. The molecule has 2 amide bonds. The lowest BCUT2D eigenvalue weighted by Crippen LogP contribution is -2.39. The van der Waals surface area contributed by atoms with Gasteiger partial charge in [-0.3, -0.25) is 9.59 Å². The Morgan fingerprint density at radius 2 is 1.80 bits per heavy atom. The Morgan fingerprint density at radius 1 is 1.07 bits per heavy atom. The minimum absolute atomic E-state index is 0. The summed E-state index contributed by atoms with van der Waals surface area (Å²) in [5.74, 6) is -0.265. The molecule has 162 valence electrons. The highest BCUT2D eigenvalue weighted by Gasteiger charge is 2.05. The summed E-state index contributed by atoms with van der Waals surface area (Å²) in [5, 5.41) is 11.5. The zero-order valence-corrected chi connectivity index (χ0v) is 19.3. The van der Waals surface area contributed by atoms with Gasteiger partial charge in [-0.15, -0.1) is 24.0 Å². The quantitative estimate of drug-likeness (QED) is 0.241. The molecular formula is C21H27FIN5O2. The highest BCUT2D eigenvalue weighted by molar-refractivity contribution is 14.0. The van der Waals surface area contributed by atoms with Crippen molar-refractivity contribution >= 4 is 47.4 Å². The first-order chi connectivity index (χ1) is 14.0. The highest BCUT2D eigenvalue weighted by atomic mass is 127. The van der Waals surface area contributed by atoms with Gasteiger partial charge in [0.05, 0.1) is 0 Å². The normalized spacial score (nSPS) is 10.6. The monoisotopic (exact) mass is 527 g/mol. The number of carbonyl (C=O) groups excluding carboxylic acids is 2. The Kier molecular flexibility index (Phi) is 11.4. The fourth-order valence-corrected chi connectivity index (χ4v) is 2.56. The third-order valence-electron chi connectivity index (χ3n) is 3.98. The van der Waals surface area contributed by atoms with Gasteiger partial charge in [0, 0.05) is 31.4 Å². The predicted molar refractivity (Wildman–Crippen MR) is 128 cm³/mol. The van der Waals surface area contributed by atoms with E-state index in [1.165, 1.54) is 24.3 Å². The van der Waals surface area contributed by atoms with Crippen molar-refractivity contribution in [1.29, 1.82) is 0 Å². The second-order valence-corrected chi connectivity index (χ2v) is 6.21. The van der Waals surface area contributed by atoms with Crippen molar-refractivity contribution < 1.29 is 14.0 Å². The molecule has 2 rings (SSSR count). The maximum Gasteiger partial charge on any atom is 0.251 e. The lowest BCUT2D eigenvalue weighted by molar-refractivity contribution is -0.114. The van der Waals surface area contributed by atoms with Crippen LogP contribution in [0.5, 0.6) is 0 Å². The van der Waals surface area contributed by atoms with Crippen molar-refractivity contribution in [2.45, 2.75) is 13.3 Å². The Hall–Kier alpha value is -2.69. The second kappa shape index (κ2) is 13.5. The smallest absolute Gasteiger partial charge is 0.251 e. The van der Waals surface area contributed by atoms with E-state index >= 15 is 0 Å². The molecule has 0 bridgehead atoms. The summed E-state index contributed by atoms with van der Waals surface area (Å²) >= 11 is 0. The fourth-order valence-electron chi connectivity index (χ4n) is 2.56. The molecule has 0 atom stereocenters. The molecule has 7 nitrogen and oxygen atoms in total. The van der Waals surface area contributed by atoms with Gasteiger partial charge in [0.15, 0.2) is 5.96 Å². The van der Waals surface area contributed by atoms with Gasteiger partial charge in [-0.25, -0.2) is 9.38 Å². The maximum absolute atomic E-state index is 12.9. The first kappa shape index (κ1) is 25.3. The molecule has 0 aliphatic carbocycles. The van der Waals surface area contributed by atoms with Crippen LogP contribution in [0.2, 0.25) is 0 Å². The molecule has 0 fully saturated rings. The van der Waals surface area contributed by atoms with Gasteiger partial charge in [-0.2, -0.15) is 0 Å². The zero-order chi connectivity index (χ0) is 21.1. The molecule has 30 heavy (non-hydrogen) atoms. The summed E-state index contributed by atoms with van der Waals surface area (Å²) in [6.07, 6.45) is 0.691. The van der Waals surface area contributed by atoms with Crippen LogP contribution in [0.1, 0.15) is 22.8 Å². The van der Waals surface area contributed by atoms with E-state index in [0.29, 0.717) is 36.7 Å². The van der Waals surface area contributed by atoms with Crippen molar-refractivity contribution in [3.63, 3.8) is 0 Å². The van der Waals surface area contributed by atoms with Crippen molar-refractivity contribution in [3.8, 4) is 0 Å². The molecule has 0 spiro atoms. The number of anilines is 1. The van der Waals surface area contributed by atoms with Crippen LogP contribution < -0.4 is 21.3 Å². The number of carbonyl (C=O) groups is 2. The summed E-state index contributed by atoms with van der Waals surface area (Å²) < 4.78 is 12.9. The number of hydrogen-bond donors (Lipinski definition) is 4. The largest absolute Gasteiger partial charge is 0.357 e. The number of guanidine groups is 1. The summed E-state index contributed by atoms with van der Waals surface area (Å²) in [6.45, 7) is 3.10. The molecule has 0 aromatic heterocycles. The molecule has 2 aromatic rings. The molecule has 9 heteroatoms. The molecule has 0 aliphatic rings. The predicted octanol–water partition coefficient (Wildman–Crippen LogP) is 2.54. The number of nitrogens with zero attached hydrogens (tertiary/aromatic N) is 1. The van der Waals surface area contributed by atoms with Gasteiger partial charge in [0.2, 0.25) is 5.91 Å². The molecule has 0 aliphatic heterocycles. The summed E-state index contributed by atoms with van der Waals surface area (Å²) in [4.78, 5) is 28.0.